The molecule has 176 valence electrons. The Bertz CT molecular complexity index is 1440. The van der Waals surface area contributed by atoms with Crippen LogP contribution in [-0.2, 0) is 17.9 Å². The van der Waals surface area contributed by atoms with Crippen molar-refractivity contribution < 1.29 is 14.3 Å². The molecular formula is C29H26N2O3S. The first-order valence-electron chi connectivity index (χ1n) is 11.6. The Kier molecular flexibility index (Phi) is 6.47. The summed E-state index contributed by atoms with van der Waals surface area (Å²) in [5.74, 6) is 0.598. The van der Waals surface area contributed by atoms with Crippen LogP contribution >= 0.6 is 11.8 Å². The number of carbonyl (C=O) groups is 2. The number of benzene rings is 3. The number of aryl methyl sites for hydroxylation is 1. The molecule has 0 radical (unpaired) electrons. The van der Waals surface area contributed by atoms with Crippen molar-refractivity contribution in [2.24, 2.45) is 0 Å². The van der Waals surface area contributed by atoms with Crippen molar-refractivity contribution in [1.29, 1.82) is 0 Å². The van der Waals surface area contributed by atoms with Crippen molar-refractivity contribution >= 4 is 39.8 Å². The van der Waals surface area contributed by atoms with E-state index in [1.807, 2.05) is 92.7 Å². The van der Waals surface area contributed by atoms with Gasteiger partial charge in [0.05, 0.1) is 18.0 Å². The fraction of sp³-hybridized carbons (Fsp3) is 0.172. The van der Waals surface area contributed by atoms with Crippen molar-refractivity contribution in [2.75, 3.05) is 6.61 Å². The third kappa shape index (κ3) is 4.88. The quantitative estimate of drug-likeness (QED) is 0.280. The summed E-state index contributed by atoms with van der Waals surface area (Å²) in [5, 5.41) is 1.99. The highest BCUT2D eigenvalue weighted by Crippen LogP contribution is 2.34. The standard InChI is InChI=1S/C29H26N2O3S/c1-20-16-25(21(2)30(20)14-15-34-26-10-4-3-5-11-26)18-27-28(32)31(29(33)35-27)19-22-12-13-23-8-6-7-9-24(23)17-22/h3-13,16-18H,14-15,19H2,1-2H3/b27-18-. The zero-order chi connectivity index (χ0) is 24.4. The van der Waals surface area contributed by atoms with Crippen LogP contribution < -0.4 is 4.74 Å². The van der Waals surface area contributed by atoms with E-state index in [-0.39, 0.29) is 17.7 Å². The molecule has 0 unspecified atom stereocenters. The van der Waals surface area contributed by atoms with Crippen LogP contribution in [0.3, 0.4) is 0 Å². The Morgan fingerprint density at radius 3 is 2.43 bits per heavy atom. The largest absolute Gasteiger partial charge is 0.492 e. The Morgan fingerprint density at radius 1 is 0.886 bits per heavy atom. The number of ether oxygens (including phenoxy) is 1. The maximum Gasteiger partial charge on any atom is 0.293 e. The van der Waals surface area contributed by atoms with Crippen LogP contribution in [0, 0.1) is 13.8 Å². The van der Waals surface area contributed by atoms with Crippen molar-refractivity contribution in [1.82, 2.24) is 9.47 Å². The number of imide groups is 1. The monoisotopic (exact) mass is 482 g/mol. The van der Waals surface area contributed by atoms with Gasteiger partial charge in [0.1, 0.15) is 12.4 Å². The lowest BCUT2D eigenvalue weighted by Crippen LogP contribution is -2.27. The summed E-state index contributed by atoms with van der Waals surface area (Å²) >= 11 is 1.00. The van der Waals surface area contributed by atoms with Crippen molar-refractivity contribution in [3.05, 3.63) is 106 Å². The summed E-state index contributed by atoms with van der Waals surface area (Å²) in [6, 6.07) is 25.9. The minimum absolute atomic E-state index is 0.237. The summed E-state index contributed by atoms with van der Waals surface area (Å²) in [4.78, 5) is 27.6. The molecule has 0 spiro atoms. The highest BCUT2D eigenvalue weighted by Gasteiger charge is 2.35. The van der Waals surface area contributed by atoms with Crippen LogP contribution in [0.4, 0.5) is 4.79 Å². The molecule has 0 aliphatic carbocycles. The van der Waals surface area contributed by atoms with Gasteiger partial charge in [0.25, 0.3) is 11.1 Å². The molecule has 5 nitrogen and oxygen atoms in total. The summed E-state index contributed by atoms with van der Waals surface area (Å²) in [7, 11) is 0. The summed E-state index contributed by atoms with van der Waals surface area (Å²) in [6.07, 6.45) is 1.84. The number of fused-ring (bicyclic) bond motifs is 1. The number of hydrogen-bond donors (Lipinski definition) is 0. The molecule has 5 rings (SSSR count). The number of carbonyl (C=O) groups excluding carboxylic acids is 2. The SMILES string of the molecule is Cc1cc(/C=C2\SC(=O)N(Cc3ccc4ccccc4c3)C2=O)c(C)n1CCOc1ccccc1. The Morgan fingerprint density at radius 2 is 1.63 bits per heavy atom. The fourth-order valence-electron chi connectivity index (χ4n) is 4.39. The van der Waals surface area contributed by atoms with Crippen molar-refractivity contribution in [3.63, 3.8) is 0 Å². The molecule has 1 aliphatic rings. The van der Waals surface area contributed by atoms with E-state index in [4.69, 9.17) is 4.74 Å². The number of aromatic nitrogens is 1. The van der Waals surface area contributed by atoms with E-state index in [9.17, 15) is 9.59 Å². The smallest absolute Gasteiger partial charge is 0.293 e. The lowest BCUT2D eigenvalue weighted by atomic mass is 10.1. The molecule has 1 saturated heterocycles. The van der Waals surface area contributed by atoms with Crippen LogP contribution in [0.15, 0.2) is 83.8 Å². The zero-order valence-corrected chi connectivity index (χ0v) is 20.5. The van der Waals surface area contributed by atoms with E-state index >= 15 is 0 Å². The lowest BCUT2D eigenvalue weighted by Gasteiger charge is -2.13. The summed E-state index contributed by atoms with van der Waals surface area (Å²) in [6.45, 7) is 5.58. The minimum atomic E-state index is -0.245. The molecule has 0 saturated carbocycles. The lowest BCUT2D eigenvalue weighted by molar-refractivity contribution is -0.123. The predicted octanol–water partition coefficient (Wildman–Crippen LogP) is 6.57. The Balaban J connectivity index is 1.30. The van der Waals surface area contributed by atoms with Crippen LogP contribution in [-0.4, -0.2) is 27.2 Å². The summed E-state index contributed by atoms with van der Waals surface area (Å²) < 4.78 is 8.02. The van der Waals surface area contributed by atoms with E-state index < -0.39 is 0 Å². The second kappa shape index (κ2) is 9.84. The van der Waals surface area contributed by atoms with E-state index in [1.54, 1.807) is 0 Å². The average molecular weight is 483 g/mol. The van der Waals surface area contributed by atoms with E-state index in [2.05, 4.69) is 10.6 Å². The molecule has 0 bridgehead atoms. The molecule has 0 N–H and O–H groups in total. The number of hydrogen-bond acceptors (Lipinski definition) is 4. The van der Waals surface area contributed by atoms with Gasteiger partial charge < -0.3 is 9.30 Å². The van der Waals surface area contributed by atoms with Gasteiger partial charge in [-0.25, -0.2) is 0 Å². The average Bonchev–Trinajstić information content (AvgIpc) is 3.29. The second-order valence-electron chi connectivity index (χ2n) is 8.59. The molecule has 3 aromatic carbocycles. The molecule has 2 heterocycles. The number of nitrogens with zero attached hydrogens (tertiary/aromatic N) is 2. The summed E-state index contributed by atoms with van der Waals surface area (Å²) in [5.41, 5.74) is 4.00. The van der Waals surface area contributed by atoms with Gasteiger partial charge in [-0.3, -0.25) is 14.5 Å². The number of amides is 2. The molecule has 1 fully saturated rings. The first-order valence-corrected chi connectivity index (χ1v) is 12.4. The molecule has 4 aromatic rings. The van der Waals surface area contributed by atoms with Gasteiger partial charge in [0.2, 0.25) is 0 Å². The zero-order valence-electron chi connectivity index (χ0n) is 19.7. The molecular weight excluding hydrogens is 456 g/mol. The minimum Gasteiger partial charge on any atom is -0.492 e. The van der Waals surface area contributed by atoms with Gasteiger partial charge >= 0.3 is 0 Å². The van der Waals surface area contributed by atoms with Gasteiger partial charge in [-0.1, -0.05) is 54.6 Å². The van der Waals surface area contributed by atoms with Gasteiger partial charge in [-0.05, 0) is 77.9 Å². The van der Waals surface area contributed by atoms with Crippen LogP contribution in [0.5, 0.6) is 5.75 Å². The fourth-order valence-corrected chi connectivity index (χ4v) is 5.22. The van der Waals surface area contributed by atoms with Gasteiger partial charge in [-0.15, -0.1) is 0 Å². The molecule has 2 amide bonds. The van der Waals surface area contributed by atoms with Crippen molar-refractivity contribution in [2.45, 2.75) is 26.9 Å². The number of para-hydroxylation sites is 1. The number of rotatable bonds is 7. The normalized spacial score (nSPS) is 14.9. The second-order valence-corrected chi connectivity index (χ2v) is 9.58. The maximum atomic E-state index is 13.1. The first-order chi connectivity index (χ1) is 17.0. The van der Waals surface area contributed by atoms with Crippen LogP contribution in [0.25, 0.3) is 16.8 Å². The molecule has 6 heteroatoms. The van der Waals surface area contributed by atoms with Crippen molar-refractivity contribution in [3.8, 4) is 5.75 Å². The third-order valence-electron chi connectivity index (χ3n) is 6.25. The molecule has 1 aromatic heterocycles. The number of thioether (sulfide) groups is 1. The van der Waals surface area contributed by atoms with E-state index in [0.717, 1.165) is 50.8 Å². The van der Waals surface area contributed by atoms with Gasteiger partial charge in [0.15, 0.2) is 0 Å². The highest BCUT2D eigenvalue weighted by molar-refractivity contribution is 8.18. The first kappa shape index (κ1) is 23.0. The van der Waals surface area contributed by atoms with Crippen LogP contribution in [0.2, 0.25) is 0 Å². The molecule has 0 atom stereocenters. The third-order valence-corrected chi connectivity index (χ3v) is 7.16. The van der Waals surface area contributed by atoms with E-state index in [1.165, 1.54) is 4.90 Å². The van der Waals surface area contributed by atoms with Gasteiger partial charge in [0, 0.05) is 11.4 Å². The molecule has 35 heavy (non-hydrogen) atoms. The topological polar surface area (TPSA) is 51.5 Å². The maximum absolute atomic E-state index is 13.1. The Labute approximate surface area is 209 Å². The van der Waals surface area contributed by atoms with E-state index in [0.29, 0.717) is 18.1 Å². The highest BCUT2D eigenvalue weighted by atomic mass is 32.2. The van der Waals surface area contributed by atoms with Crippen LogP contribution in [0.1, 0.15) is 22.5 Å². The Hall–Kier alpha value is -3.77. The van der Waals surface area contributed by atoms with Gasteiger partial charge in [-0.2, -0.15) is 0 Å². The molecule has 1 aliphatic heterocycles. The predicted molar refractivity (Wildman–Crippen MR) is 141 cm³/mol.